The van der Waals surface area contributed by atoms with Gasteiger partial charge in [-0.15, -0.1) is 23.5 Å². The first-order valence-corrected chi connectivity index (χ1v) is 4.43. The van der Waals surface area contributed by atoms with E-state index < -0.39 is 0 Å². The maximum Gasteiger partial charge on any atom is 0.0821 e. The average molecular weight is 149 g/mol. The molecule has 0 aliphatic carbocycles. The molecule has 0 aromatic heterocycles. The maximum atomic E-state index is 8.64. The van der Waals surface area contributed by atoms with Crippen molar-refractivity contribution < 1.29 is 5.11 Å². The monoisotopic (exact) mass is 149 g/mol. The zero-order chi connectivity index (χ0) is 5.98. The molecule has 0 spiro atoms. The van der Waals surface area contributed by atoms with Crippen molar-refractivity contribution in [3.05, 3.63) is 4.58 Å². The highest BCUT2D eigenvalue weighted by atomic mass is 32.2. The molecule has 1 radical (unpaired) electrons. The molecule has 1 nitrogen and oxygen atoms in total. The minimum absolute atomic E-state index is 0.328. The zero-order valence-electron chi connectivity index (χ0n) is 4.76. The second kappa shape index (κ2) is 2.99. The Morgan fingerprint density at radius 3 is 2.88 bits per heavy atom. The van der Waals surface area contributed by atoms with Crippen molar-refractivity contribution in [1.29, 1.82) is 0 Å². The molecule has 0 amide bonds. The van der Waals surface area contributed by atoms with Crippen molar-refractivity contribution in [3.63, 3.8) is 0 Å². The molecule has 0 saturated carbocycles. The number of hydrogen-bond donors (Lipinski definition) is 1. The van der Waals surface area contributed by atoms with Gasteiger partial charge in [-0.25, -0.2) is 0 Å². The van der Waals surface area contributed by atoms with E-state index in [1.165, 1.54) is 4.58 Å². The third-order valence-electron chi connectivity index (χ3n) is 1.01. The number of aliphatic hydroxyl groups excluding tert-OH is 1. The van der Waals surface area contributed by atoms with Crippen molar-refractivity contribution in [1.82, 2.24) is 0 Å². The summed E-state index contributed by atoms with van der Waals surface area (Å²) in [5.74, 6) is 1.09. The Bertz CT molecular complexity index is 76.8. The van der Waals surface area contributed by atoms with Crippen LogP contribution in [0.15, 0.2) is 0 Å². The number of aliphatic hydroxyl groups is 1. The Morgan fingerprint density at radius 2 is 2.62 bits per heavy atom. The number of rotatable bonds is 1. The molecular weight excluding hydrogens is 140 g/mol. The Labute approximate surface area is 58.2 Å². The van der Waals surface area contributed by atoms with E-state index in [1.807, 2.05) is 11.8 Å². The standard InChI is InChI=1S/C5H9OS2/c1-4-7-3-5(2-6)8-4/h5-6H,2-3H2,1H3. The van der Waals surface area contributed by atoms with E-state index in [1.54, 1.807) is 11.8 Å². The molecule has 0 bridgehead atoms. The van der Waals surface area contributed by atoms with E-state index in [2.05, 4.69) is 6.92 Å². The van der Waals surface area contributed by atoms with Gasteiger partial charge in [-0.3, -0.25) is 0 Å². The first kappa shape index (κ1) is 6.78. The Hall–Kier alpha value is 0.660. The van der Waals surface area contributed by atoms with Crippen molar-refractivity contribution in [3.8, 4) is 0 Å². The molecule has 1 rings (SSSR count). The highest BCUT2D eigenvalue weighted by Crippen LogP contribution is 2.42. The predicted molar refractivity (Wildman–Crippen MR) is 39.8 cm³/mol. The highest BCUT2D eigenvalue weighted by molar-refractivity contribution is 8.24. The fourth-order valence-corrected chi connectivity index (χ4v) is 3.03. The van der Waals surface area contributed by atoms with Crippen LogP contribution in [0.1, 0.15) is 6.92 Å². The van der Waals surface area contributed by atoms with E-state index in [0.29, 0.717) is 11.9 Å². The number of hydrogen-bond acceptors (Lipinski definition) is 3. The summed E-state index contributed by atoms with van der Waals surface area (Å²) in [6, 6.07) is 0. The molecule has 8 heavy (non-hydrogen) atoms. The fraction of sp³-hybridized carbons (Fsp3) is 0.800. The SMILES string of the molecule is C[C]1SCC(CO)S1. The first-order chi connectivity index (χ1) is 3.83. The van der Waals surface area contributed by atoms with Crippen molar-refractivity contribution in [2.45, 2.75) is 12.2 Å². The lowest BCUT2D eigenvalue weighted by Crippen LogP contribution is -2.05. The van der Waals surface area contributed by atoms with E-state index in [9.17, 15) is 0 Å². The minimum atomic E-state index is 0.328. The summed E-state index contributed by atoms with van der Waals surface area (Å²) in [5, 5.41) is 9.11. The molecule has 1 fully saturated rings. The highest BCUT2D eigenvalue weighted by Gasteiger charge is 2.21. The normalized spacial score (nSPS) is 31.5. The molecule has 3 heteroatoms. The molecule has 1 N–H and O–H groups in total. The van der Waals surface area contributed by atoms with Crippen LogP contribution in [0.4, 0.5) is 0 Å². The zero-order valence-corrected chi connectivity index (χ0v) is 6.39. The van der Waals surface area contributed by atoms with E-state index in [-0.39, 0.29) is 0 Å². The van der Waals surface area contributed by atoms with Crippen LogP contribution in [0.25, 0.3) is 0 Å². The van der Waals surface area contributed by atoms with E-state index in [0.717, 1.165) is 5.75 Å². The largest absolute Gasteiger partial charge is 0.395 e. The van der Waals surface area contributed by atoms with E-state index >= 15 is 0 Å². The van der Waals surface area contributed by atoms with Gasteiger partial charge in [0, 0.05) is 11.0 Å². The molecule has 1 atom stereocenters. The van der Waals surface area contributed by atoms with Crippen molar-refractivity contribution in [2.24, 2.45) is 0 Å². The fourth-order valence-electron chi connectivity index (χ4n) is 0.603. The second-order valence-corrected chi connectivity index (χ2v) is 4.73. The van der Waals surface area contributed by atoms with Crippen molar-refractivity contribution >= 4 is 23.5 Å². The lowest BCUT2D eigenvalue weighted by Gasteiger charge is -1.99. The third kappa shape index (κ3) is 1.57. The Kier molecular flexibility index (Phi) is 2.53. The summed E-state index contributed by atoms with van der Waals surface area (Å²) in [5.41, 5.74) is 0. The van der Waals surface area contributed by atoms with Gasteiger partial charge in [-0.05, 0) is 6.92 Å². The summed E-state index contributed by atoms with van der Waals surface area (Å²) in [4.78, 5) is 0. The van der Waals surface area contributed by atoms with Crippen LogP contribution in [-0.2, 0) is 0 Å². The molecule has 0 aromatic carbocycles. The Morgan fingerprint density at radius 1 is 1.88 bits per heavy atom. The summed E-state index contributed by atoms with van der Waals surface area (Å²) in [6.07, 6.45) is 0. The van der Waals surface area contributed by atoms with Crippen LogP contribution >= 0.6 is 23.5 Å². The lowest BCUT2D eigenvalue weighted by molar-refractivity contribution is 0.302. The van der Waals surface area contributed by atoms with Gasteiger partial charge in [0.1, 0.15) is 0 Å². The van der Waals surface area contributed by atoms with Gasteiger partial charge in [-0.1, -0.05) is 0 Å². The molecule has 0 aromatic rings. The summed E-state index contributed by atoms with van der Waals surface area (Å²) in [7, 11) is 0. The average Bonchev–Trinajstić information content (AvgIpc) is 2.14. The smallest absolute Gasteiger partial charge is 0.0821 e. The van der Waals surface area contributed by atoms with Crippen LogP contribution in [-0.4, -0.2) is 22.7 Å². The maximum absolute atomic E-state index is 8.64. The molecule has 1 heterocycles. The van der Waals surface area contributed by atoms with Gasteiger partial charge in [0.25, 0.3) is 0 Å². The molecule has 1 unspecified atom stereocenters. The van der Waals surface area contributed by atoms with Gasteiger partial charge >= 0.3 is 0 Å². The predicted octanol–water partition coefficient (Wildman–Crippen LogP) is 1.34. The molecular formula is C5H9OS2. The minimum Gasteiger partial charge on any atom is -0.395 e. The summed E-state index contributed by atoms with van der Waals surface area (Å²) < 4.78 is 1.39. The molecule has 1 saturated heterocycles. The summed E-state index contributed by atoms with van der Waals surface area (Å²) in [6.45, 7) is 2.43. The van der Waals surface area contributed by atoms with Gasteiger partial charge < -0.3 is 5.11 Å². The van der Waals surface area contributed by atoms with Gasteiger partial charge in [0.05, 0.1) is 11.2 Å². The van der Waals surface area contributed by atoms with Crippen LogP contribution < -0.4 is 0 Å². The first-order valence-electron chi connectivity index (χ1n) is 2.57. The third-order valence-corrected chi connectivity index (χ3v) is 3.82. The topological polar surface area (TPSA) is 20.2 Å². The van der Waals surface area contributed by atoms with Crippen molar-refractivity contribution in [2.75, 3.05) is 12.4 Å². The van der Waals surface area contributed by atoms with Gasteiger partial charge in [0.15, 0.2) is 0 Å². The van der Waals surface area contributed by atoms with Gasteiger partial charge in [0.2, 0.25) is 0 Å². The van der Waals surface area contributed by atoms with Gasteiger partial charge in [-0.2, -0.15) is 0 Å². The number of thioether (sulfide) groups is 2. The lowest BCUT2D eigenvalue weighted by atomic mass is 10.5. The molecule has 47 valence electrons. The van der Waals surface area contributed by atoms with E-state index in [4.69, 9.17) is 5.11 Å². The molecule has 1 aliphatic heterocycles. The molecule has 1 aliphatic rings. The van der Waals surface area contributed by atoms with Crippen LogP contribution in [0, 0.1) is 4.58 Å². The summed E-state index contributed by atoms with van der Waals surface area (Å²) >= 11 is 3.64. The van der Waals surface area contributed by atoms with Crippen LogP contribution in [0.5, 0.6) is 0 Å². The second-order valence-electron chi connectivity index (χ2n) is 1.73. The van der Waals surface area contributed by atoms with Crippen LogP contribution in [0.3, 0.4) is 0 Å². The Balaban J connectivity index is 2.22. The quantitative estimate of drug-likeness (QED) is 0.607. The van der Waals surface area contributed by atoms with Crippen LogP contribution in [0.2, 0.25) is 0 Å².